The number of imidazole rings is 1. The topological polar surface area (TPSA) is 124 Å². The van der Waals surface area contributed by atoms with Gasteiger partial charge in [-0.2, -0.15) is 0 Å². The van der Waals surface area contributed by atoms with E-state index >= 15 is 0 Å². The van der Waals surface area contributed by atoms with Crippen LogP contribution in [0.2, 0.25) is 25.7 Å². The van der Waals surface area contributed by atoms with Crippen molar-refractivity contribution in [1.82, 2.24) is 29.7 Å². The standard InChI is InChI=1S/C40H57N7O4Si/c1-40(2,3)51-39(49)45-31-15-13-30(14-16-31)44-36-33-23-35(29-9-7-8-10-29)47(27-50-21-22-52(4,5)6)37(33)42-25-34(36)38(48)43-24-28-11-17-32(18-12-28)46-20-19-41-26-46/h11-12,17-20,23,25-26,29-31H,7-10,13-16,21-22,24,27H2,1-6H3,(H,42,44)(H,43,48)(H,45,49). The summed E-state index contributed by atoms with van der Waals surface area (Å²) in [4.78, 5) is 35.6. The highest BCUT2D eigenvalue weighted by Crippen LogP contribution is 2.40. The molecule has 6 rings (SSSR count). The highest BCUT2D eigenvalue weighted by Gasteiger charge is 2.29. The van der Waals surface area contributed by atoms with Gasteiger partial charge >= 0.3 is 6.09 Å². The predicted octanol–water partition coefficient (Wildman–Crippen LogP) is 8.37. The monoisotopic (exact) mass is 727 g/mol. The Labute approximate surface area is 309 Å². The van der Waals surface area contributed by atoms with Crippen molar-refractivity contribution in [3.63, 3.8) is 0 Å². The van der Waals surface area contributed by atoms with Crippen molar-refractivity contribution < 1.29 is 19.1 Å². The lowest BCUT2D eigenvalue weighted by atomic mass is 9.90. The Kier molecular flexibility index (Phi) is 11.7. The van der Waals surface area contributed by atoms with Crippen LogP contribution in [0.1, 0.15) is 99.7 Å². The van der Waals surface area contributed by atoms with Crippen molar-refractivity contribution in [2.24, 2.45) is 0 Å². The number of rotatable bonds is 13. The van der Waals surface area contributed by atoms with Crippen molar-refractivity contribution in [3.8, 4) is 5.69 Å². The first kappa shape index (κ1) is 37.6. The molecule has 4 aromatic rings. The summed E-state index contributed by atoms with van der Waals surface area (Å²) in [7, 11) is -1.24. The number of hydrogen-bond donors (Lipinski definition) is 3. The minimum Gasteiger partial charge on any atom is -0.444 e. The molecular formula is C40H57N7O4Si. The third kappa shape index (κ3) is 9.83. The van der Waals surface area contributed by atoms with E-state index in [2.05, 4.69) is 51.2 Å². The van der Waals surface area contributed by atoms with Crippen LogP contribution >= 0.6 is 0 Å². The fourth-order valence-corrected chi connectivity index (χ4v) is 8.07. The van der Waals surface area contributed by atoms with Crippen LogP contribution in [0.5, 0.6) is 0 Å². The third-order valence-corrected chi connectivity index (χ3v) is 11.9. The van der Waals surface area contributed by atoms with E-state index in [1.807, 2.05) is 55.8 Å². The number of anilines is 1. The molecule has 2 saturated carbocycles. The van der Waals surface area contributed by atoms with Crippen LogP contribution in [0.4, 0.5) is 10.5 Å². The molecular weight excluding hydrogens is 671 g/mol. The Morgan fingerprint density at radius 2 is 1.69 bits per heavy atom. The molecule has 3 N–H and O–H groups in total. The maximum Gasteiger partial charge on any atom is 0.407 e. The molecule has 3 aromatic heterocycles. The van der Waals surface area contributed by atoms with Gasteiger partial charge in [-0.1, -0.05) is 44.6 Å². The maximum atomic E-state index is 14.0. The van der Waals surface area contributed by atoms with Gasteiger partial charge in [0, 0.05) is 68.7 Å². The number of aromatic nitrogens is 4. The molecule has 3 heterocycles. The molecule has 0 radical (unpaired) electrons. The van der Waals surface area contributed by atoms with Gasteiger partial charge < -0.3 is 34.6 Å². The van der Waals surface area contributed by atoms with E-state index in [9.17, 15) is 9.59 Å². The highest BCUT2D eigenvalue weighted by molar-refractivity contribution is 6.76. The largest absolute Gasteiger partial charge is 0.444 e. The minimum atomic E-state index is -1.24. The Morgan fingerprint density at radius 1 is 0.981 bits per heavy atom. The summed E-state index contributed by atoms with van der Waals surface area (Å²) in [5.41, 5.74) is 4.93. The van der Waals surface area contributed by atoms with Gasteiger partial charge in [0.05, 0.1) is 17.6 Å². The number of fused-ring (bicyclic) bond motifs is 1. The molecule has 0 saturated heterocycles. The number of carbonyl (C=O) groups excluding carboxylic acids is 2. The van der Waals surface area contributed by atoms with Crippen LogP contribution in [0.15, 0.2) is 55.2 Å². The minimum absolute atomic E-state index is 0.0525. The predicted molar refractivity (Wildman–Crippen MR) is 209 cm³/mol. The first-order valence-electron chi connectivity index (χ1n) is 19.0. The lowest BCUT2D eigenvalue weighted by Gasteiger charge is -2.31. The van der Waals surface area contributed by atoms with Gasteiger partial charge in [-0.25, -0.2) is 14.8 Å². The highest BCUT2D eigenvalue weighted by atomic mass is 28.3. The Hall–Kier alpha value is -4.16. The van der Waals surface area contributed by atoms with Crippen LogP contribution in [0.25, 0.3) is 16.7 Å². The number of alkyl carbamates (subject to hydrolysis) is 1. The Balaban J connectivity index is 1.25. The number of nitrogens with zero attached hydrogens (tertiary/aromatic N) is 4. The number of amides is 2. The summed E-state index contributed by atoms with van der Waals surface area (Å²) in [5, 5.41) is 11.0. The van der Waals surface area contributed by atoms with E-state index in [1.165, 1.54) is 18.5 Å². The van der Waals surface area contributed by atoms with Crippen LogP contribution < -0.4 is 16.0 Å². The van der Waals surface area contributed by atoms with Gasteiger partial charge in [-0.05, 0) is 95.0 Å². The summed E-state index contributed by atoms with van der Waals surface area (Å²) in [6.07, 6.45) is 14.9. The van der Waals surface area contributed by atoms with Crippen molar-refractivity contribution in [1.29, 1.82) is 0 Å². The SMILES string of the molecule is CC(C)(C)OC(=O)NC1CCC(Nc2c(C(=O)NCc3ccc(-n4ccnc4)cc3)cnc3c2cc(C2CCCC2)n3COCC[Si](C)(C)C)CC1. The van der Waals surface area contributed by atoms with Gasteiger partial charge in [0.15, 0.2) is 0 Å². The Morgan fingerprint density at radius 3 is 2.35 bits per heavy atom. The molecule has 0 spiro atoms. The number of benzene rings is 1. The van der Waals surface area contributed by atoms with E-state index in [0.717, 1.165) is 79.1 Å². The van der Waals surface area contributed by atoms with Gasteiger partial charge in [0.2, 0.25) is 0 Å². The lowest BCUT2D eigenvalue weighted by molar-refractivity contribution is 0.0491. The lowest BCUT2D eigenvalue weighted by Crippen LogP contribution is -2.42. The zero-order valence-corrected chi connectivity index (χ0v) is 32.8. The summed E-state index contributed by atoms with van der Waals surface area (Å²) in [6, 6.07) is 11.7. The molecule has 2 amide bonds. The quantitative estimate of drug-likeness (QED) is 0.0934. The van der Waals surface area contributed by atoms with Crippen LogP contribution in [-0.2, 0) is 22.7 Å². The van der Waals surface area contributed by atoms with Crippen molar-refractivity contribution in [2.75, 3.05) is 11.9 Å². The fourth-order valence-electron chi connectivity index (χ4n) is 7.31. The van der Waals surface area contributed by atoms with Crippen molar-refractivity contribution >= 4 is 36.8 Å². The van der Waals surface area contributed by atoms with Crippen LogP contribution in [-0.4, -0.2) is 63.5 Å². The van der Waals surface area contributed by atoms with E-state index in [4.69, 9.17) is 14.5 Å². The number of pyridine rings is 1. The molecule has 1 aromatic carbocycles. The third-order valence-electron chi connectivity index (χ3n) is 10.2. The molecule has 2 fully saturated rings. The first-order chi connectivity index (χ1) is 24.8. The second kappa shape index (κ2) is 16.2. The van der Waals surface area contributed by atoms with E-state index in [1.54, 1.807) is 18.7 Å². The van der Waals surface area contributed by atoms with Gasteiger partial charge in [-0.15, -0.1) is 0 Å². The van der Waals surface area contributed by atoms with Gasteiger partial charge in [0.1, 0.15) is 18.0 Å². The molecule has 2 aliphatic carbocycles. The zero-order valence-electron chi connectivity index (χ0n) is 31.8. The molecule has 0 unspecified atom stereocenters. The summed E-state index contributed by atoms with van der Waals surface area (Å²) in [5.74, 6) is 0.275. The summed E-state index contributed by atoms with van der Waals surface area (Å²) < 4.78 is 16.0. The molecule has 0 bridgehead atoms. The van der Waals surface area contributed by atoms with E-state index in [-0.39, 0.29) is 24.1 Å². The van der Waals surface area contributed by atoms with Crippen LogP contribution in [0, 0.1) is 0 Å². The normalized spacial score (nSPS) is 18.4. The van der Waals surface area contributed by atoms with E-state index in [0.29, 0.717) is 24.8 Å². The number of hydrogen-bond acceptors (Lipinski definition) is 7. The molecule has 12 heteroatoms. The molecule has 11 nitrogen and oxygen atoms in total. The second-order valence-corrected chi connectivity index (χ2v) is 22.4. The molecule has 0 aliphatic heterocycles. The number of ether oxygens (including phenoxy) is 2. The van der Waals surface area contributed by atoms with Gasteiger partial charge in [-0.3, -0.25) is 4.79 Å². The van der Waals surface area contributed by atoms with E-state index < -0.39 is 13.7 Å². The zero-order chi connectivity index (χ0) is 36.9. The number of nitrogens with one attached hydrogen (secondary N) is 3. The smallest absolute Gasteiger partial charge is 0.407 e. The molecule has 280 valence electrons. The van der Waals surface area contributed by atoms with Gasteiger partial charge in [0.25, 0.3) is 5.91 Å². The molecule has 0 atom stereocenters. The van der Waals surface area contributed by atoms with Crippen LogP contribution in [0.3, 0.4) is 0 Å². The molecule has 52 heavy (non-hydrogen) atoms. The summed E-state index contributed by atoms with van der Waals surface area (Å²) >= 11 is 0. The fraction of sp³-hybridized carbons (Fsp3) is 0.550. The summed E-state index contributed by atoms with van der Waals surface area (Å²) in [6.45, 7) is 14.3. The second-order valence-electron chi connectivity index (χ2n) is 16.8. The first-order valence-corrected chi connectivity index (χ1v) is 22.7. The Bertz CT molecular complexity index is 1790. The maximum absolute atomic E-state index is 14.0. The average Bonchev–Trinajstić information content (AvgIpc) is 3.88. The molecule has 2 aliphatic rings. The van der Waals surface area contributed by atoms with Crippen molar-refractivity contribution in [2.45, 2.75) is 135 Å². The average molecular weight is 728 g/mol. The van der Waals surface area contributed by atoms with Crippen molar-refractivity contribution in [3.05, 3.63) is 72.1 Å². The number of carbonyl (C=O) groups is 2.